The van der Waals surface area contributed by atoms with Gasteiger partial charge in [0.1, 0.15) is 5.69 Å². The van der Waals surface area contributed by atoms with Gasteiger partial charge < -0.3 is 5.32 Å². The molecular formula is C21H28F2N2. The van der Waals surface area contributed by atoms with Crippen molar-refractivity contribution in [2.45, 2.75) is 52.9 Å². The van der Waals surface area contributed by atoms with E-state index >= 15 is 0 Å². The molecule has 1 rings (SSSR count). The Morgan fingerprint density at radius 2 is 2.04 bits per heavy atom. The number of aromatic nitrogens is 1. The fourth-order valence-corrected chi connectivity index (χ4v) is 2.43. The first-order chi connectivity index (χ1) is 11.8. The van der Waals surface area contributed by atoms with Crippen molar-refractivity contribution in [3.63, 3.8) is 0 Å². The fraction of sp³-hybridized carbons (Fsp3) is 0.381. The molecule has 25 heavy (non-hydrogen) atoms. The Morgan fingerprint density at radius 3 is 2.52 bits per heavy atom. The Balaban J connectivity index is 3.04. The van der Waals surface area contributed by atoms with Gasteiger partial charge in [0.2, 0.25) is 0 Å². The predicted molar refractivity (Wildman–Crippen MR) is 103 cm³/mol. The van der Waals surface area contributed by atoms with Crippen molar-refractivity contribution in [1.29, 1.82) is 0 Å². The van der Waals surface area contributed by atoms with Crippen LogP contribution in [-0.4, -0.2) is 4.98 Å². The first-order valence-electron chi connectivity index (χ1n) is 8.66. The molecule has 0 atom stereocenters. The summed E-state index contributed by atoms with van der Waals surface area (Å²) in [4.78, 5) is 3.84. The monoisotopic (exact) mass is 346 g/mol. The van der Waals surface area contributed by atoms with Gasteiger partial charge in [-0.25, -0.2) is 0 Å². The lowest BCUT2D eigenvalue weighted by Gasteiger charge is -2.17. The number of allylic oxidation sites excluding steroid dienone is 5. The highest BCUT2D eigenvalue weighted by molar-refractivity contribution is 5.57. The molecule has 1 heterocycles. The van der Waals surface area contributed by atoms with E-state index < -0.39 is 5.92 Å². The van der Waals surface area contributed by atoms with Gasteiger partial charge in [-0.15, -0.1) is 0 Å². The highest BCUT2D eigenvalue weighted by atomic mass is 19.3. The van der Waals surface area contributed by atoms with Crippen LogP contribution in [0.3, 0.4) is 0 Å². The van der Waals surface area contributed by atoms with E-state index in [2.05, 4.69) is 36.8 Å². The third kappa shape index (κ3) is 6.65. The smallest absolute Gasteiger partial charge is 0.286 e. The highest BCUT2D eigenvalue weighted by Gasteiger charge is 2.25. The van der Waals surface area contributed by atoms with Crippen molar-refractivity contribution in [3.8, 4) is 0 Å². The van der Waals surface area contributed by atoms with E-state index in [0.29, 0.717) is 5.69 Å². The van der Waals surface area contributed by atoms with Gasteiger partial charge >= 0.3 is 0 Å². The molecule has 0 unspecified atom stereocenters. The molecule has 0 radical (unpaired) electrons. The first kappa shape index (κ1) is 20.8. The van der Waals surface area contributed by atoms with Crippen LogP contribution in [0, 0.1) is 0 Å². The number of rotatable bonds is 9. The summed E-state index contributed by atoms with van der Waals surface area (Å²) in [5.74, 6) is -2.94. The van der Waals surface area contributed by atoms with Crippen molar-refractivity contribution in [1.82, 2.24) is 4.98 Å². The zero-order chi connectivity index (χ0) is 18.9. The van der Waals surface area contributed by atoms with E-state index in [4.69, 9.17) is 0 Å². The minimum absolute atomic E-state index is 0.245. The molecule has 4 heteroatoms. The van der Waals surface area contributed by atoms with Crippen molar-refractivity contribution >= 4 is 5.69 Å². The molecular weight excluding hydrogens is 318 g/mol. The molecule has 1 aromatic heterocycles. The van der Waals surface area contributed by atoms with Crippen LogP contribution in [0.15, 0.2) is 66.1 Å². The molecule has 0 fully saturated rings. The maximum atomic E-state index is 13.3. The Bertz CT molecular complexity index is 647. The largest absolute Gasteiger partial charge is 0.354 e. The summed E-state index contributed by atoms with van der Waals surface area (Å²) in [6, 6.07) is 2.93. The minimum Gasteiger partial charge on any atom is -0.354 e. The Labute approximate surface area is 150 Å². The van der Waals surface area contributed by atoms with Crippen LogP contribution < -0.4 is 5.32 Å². The van der Waals surface area contributed by atoms with Gasteiger partial charge in [0, 0.05) is 18.2 Å². The predicted octanol–water partition coefficient (Wildman–Crippen LogP) is 6.76. The van der Waals surface area contributed by atoms with Crippen LogP contribution in [0.5, 0.6) is 0 Å². The van der Waals surface area contributed by atoms with Gasteiger partial charge in [-0.1, -0.05) is 51.2 Å². The number of alkyl halides is 2. The summed E-state index contributed by atoms with van der Waals surface area (Å²) < 4.78 is 26.5. The molecule has 0 amide bonds. The zero-order valence-electron chi connectivity index (χ0n) is 15.6. The highest BCUT2D eigenvalue weighted by Crippen LogP contribution is 2.27. The lowest BCUT2D eigenvalue weighted by molar-refractivity contribution is 0.0128. The molecule has 2 nitrogen and oxygen atoms in total. The molecule has 0 aromatic carbocycles. The maximum Gasteiger partial charge on any atom is 0.286 e. The molecule has 0 aliphatic rings. The number of hydrogen-bond donors (Lipinski definition) is 1. The molecule has 0 spiro atoms. The molecule has 0 bridgehead atoms. The van der Waals surface area contributed by atoms with E-state index in [1.165, 1.54) is 17.8 Å². The van der Waals surface area contributed by atoms with Crippen LogP contribution in [0.4, 0.5) is 14.5 Å². The van der Waals surface area contributed by atoms with E-state index in [-0.39, 0.29) is 5.69 Å². The van der Waals surface area contributed by atoms with Crippen LogP contribution in [0.2, 0.25) is 0 Å². The van der Waals surface area contributed by atoms with E-state index in [0.717, 1.165) is 37.5 Å². The Kier molecular flexibility index (Phi) is 8.26. The average Bonchev–Trinajstić information content (AvgIpc) is 2.55. The molecule has 136 valence electrons. The van der Waals surface area contributed by atoms with Crippen LogP contribution in [0.1, 0.15) is 52.7 Å². The standard InChI is InChI=1S/C21H28F2N2/c1-6-9-12-19(17(10-7-2)11-8-3)16(4)25-18-13-14-20(24-15-18)21(5,22)23/h6,9-10,12-15,25H,4,7-8,11H2,1-3,5H3/b9-6-,17-10+,19-12+. The second-order valence-electron chi connectivity index (χ2n) is 5.92. The maximum absolute atomic E-state index is 13.3. The zero-order valence-corrected chi connectivity index (χ0v) is 15.6. The summed E-state index contributed by atoms with van der Waals surface area (Å²) >= 11 is 0. The summed E-state index contributed by atoms with van der Waals surface area (Å²) in [5, 5.41) is 3.18. The second-order valence-corrected chi connectivity index (χ2v) is 5.92. The number of halogens is 2. The third-order valence-corrected chi connectivity index (χ3v) is 3.60. The molecule has 0 saturated carbocycles. The Hall–Kier alpha value is -2.23. The quantitative estimate of drug-likeness (QED) is 0.500. The van der Waals surface area contributed by atoms with Crippen molar-refractivity contribution in [2.75, 3.05) is 5.32 Å². The second kappa shape index (κ2) is 9.92. The van der Waals surface area contributed by atoms with Crippen molar-refractivity contribution in [2.24, 2.45) is 0 Å². The van der Waals surface area contributed by atoms with Crippen LogP contribution in [0.25, 0.3) is 0 Å². The normalized spacial score (nSPS) is 13.4. The van der Waals surface area contributed by atoms with Crippen LogP contribution in [-0.2, 0) is 5.92 Å². The summed E-state index contributed by atoms with van der Waals surface area (Å²) in [5.41, 5.74) is 3.36. The molecule has 0 saturated heterocycles. The molecule has 0 aliphatic heterocycles. The van der Waals surface area contributed by atoms with Crippen molar-refractivity contribution in [3.05, 3.63) is 71.7 Å². The molecule has 1 N–H and O–H groups in total. The van der Waals surface area contributed by atoms with Gasteiger partial charge in [0.25, 0.3) is 5.92 Å². The summed E-state index contributed by atoms with van der Waals surface area (Å²) in [7, 11) is 0. The Morgan fingerprint density at radius 1 is 1.32 bits per heavy atom. The van der Waals surface area contributed by atoms with E-state index in [1.807, 2.05) is 25.2 Å². The van der Waals surface area contributed by atoms with Gasteiger partial charge in [-0.05, 0) is 37.5 Å². The number of nitrogens with zero attached hydrogens (tertiary/aromatic N) is 1. The first-order valence-corrected chi connectivity index (χ1v) is 8.66. The lowest BCUT2D eigenvalue weighted by atomic mass is 9.97. The van der Waals surface area contributed by atoms with E-state index in [9.17, 15) is 8.78 Å². The summed E-state index contributed by atoms with van der Waals surface area (Å²) in [6.45, 7) is 11.2. The number of nitrogens with one attached hydrogen (secondary N) is 1. The number of pyridine rings is 1. The fourth-order valence-electron chi connectivity index (χ4n) is 2.43. The van der Waals surface area contributed by atoms with Crippen LogP contribution >= 0.6 is 0 Å². The number of anilines is 1. The lowest BCUT2D eigenvalue weighted by Crippen LogP contribution is -2.10. The van der Waals surface area contributed by atoms with Crippen molar-refractivity contribution < 1.29 is 8.78 Å². The molecule has 0 aliphatic carbocycles. The van der Waals surface area contributed by atoms with Gasteiger partial charge in [-0.2, -0.15) is 8.78 Å². The van der Waals surface area contributed by atoms with E-state index in [1.54, 1.807) is 6.07 Å². The average molecular weight is 346 g/mol. The summed E-state index contributed by atoms with van der Waals surface area (Å²) in [6.07, 6.45) is 12.5. The van der Waals surface area contributed by atoms with Gasteiger partial charge in [-0.3, -0.25) is 4.98 Å². The van der Waals surface area contributed by atoms with Gasteiger partial charge in [0.15, 0.2) is 0 Å². The SMILES string of the molecule is C=C(Nc1ccc(C(C)(F)F)nc1)C(=C\C=C/C)/C(=C/CC)CCC. The molecule has 1 aromatic rings. The topological polar surface area (TPSA) is 24.9 Å². The third-order valence-electron chi connectivity index (χ3n) is 3.60. The van der Waals surface area contributed by atoms with Gasteiger partial charge in [0.05, 0.1) is 11.9 Å². The number of hydrogen-bond acceptors (Lipinski definition) is 2. The minimum atomic E-state index is -2.94.